The summed E-state index contributed by atoms with van der Waals surface area (Å²) in [5, 5.41) is 2.72. The molecule has 0 aliphatic rings. The maximum Gasteiger partial charge on any atom is 0.142 e. The Bertz CT molecular complexity index is 611. The van der Waals surface area contributed by atoms with E-state index in [1.54, 1.807) is 30.3 Å². The number of alkyl halides is 1. The van der Waals surface area contributed by atoms with Crippen molar-refractivity contribution in [1.29, 1.82) is 0 Å². The van der Waals surface area contributed by atoms with Crippen LogP contribution >= 0.6 is 62.3 Å². The molecule has 2 aromatic rings. The molecule has 0 spiro atoms. The lowest BCUT2D eigenvalue weighted by molar-refractivity contribution is 0.304. The monoisotopic (exact) mass is 412 g/mol. The summed E-state index contributed by atoms with van der Waals surface area (Å²) >= 11 is 27.7. The zero-order chi connectivity index (χ0) is 14.7. The van der Waals surface area contributed by atoms with Crippen molar-refractivity contribution >= 4 is 62.3 Å². The van der Waals surface area contributed by atoms with Crippen LogP contribution < -0.4 is 4.74 Å². The number of hydrogen-bond donors (Lipinski definition) is 0. The smallest absolute Gasteiger partial charge is 0.142 e. The van der Waals surface area contributed by atoms with E-state index >= 15 is 0 Å². The first kappa shape index (κ1) is 16.3. The fourth-order valence-electron chi connectivity index (χ4n) is 1.69. The Labute approximate surface area is 145 Å². The van der Waals surface area contributed by atoms with Gasteiger partial charge in [0.25, 0.3) is 0 Å². The van der Waals surface area contributed by atoms with E-state index in [1.165, 1.54) is 0 Å². The molecule has 1 nitrogen and oxygen atoms in total. The molecule has 0 N–H and O–H groups in total. The normalized spacial score (nSPS) is 10.7. The molecule has 0 heterocycles. The molecule has 0 saturated carbocycles. The summed E-state index contributed by atoms with van der Waals surface area (Å²) in [5.41, 5.74) is 1.59. The van der Waals surface area contributed by atoms with Crippen molar-refractivity contribution in [1.82, 2.24) is 0 Å². The van der Waals surface area contributed by atoms with E-state index in [1.807, 2.05) is 0 Å². The first-order chi connectivity index (χ1) is 9.52. The molecule has 0 amide bonds. The van der Waals surface area contributed by atoms with Crippen LogP contribution in [-0.4, -0.2) is 0 Å². The Morgan fingerprint density at radius 2 is 1.60 bits per heavy atom. The Morgan fingerprint density at radius 3 is 2.20 bits per heavy atom. The second-order valence-electron chi connectivity index (χ2n) is 4.00. The van der Waals surface area contributed by atoms with E-state index in [-0.39, 0.29) is 6.61 Å². The van der Waals surface area contributed by atoms with Gasteiger partial charge in [-0.15, -0.1) is 0 Å². The lowest BCUT2D eigenvalue weighted by Crippen LogP contribution is -2.00. The van der Waals surface area contributed by atoms with Crippen LogP contribution in [0.15, 0.2) is 30.3 Å². The molecule has 0 atom stereocenters. The summed E-state index contributed by atoms with van der Waals surface area (Å²) in [6.07, 6.45) is 0. The van der Waals surface area contributed by atoms with Gasteiger partial charge in [-0.05, 0) is 24.3 Å². The molecule has 0 aromatic heterocycles. The summed E-state index contributed by atoms with van der Waals surface area (Å²) in [4.78, 5) is 0. The third-order valence-electron chi connectivity index (χ3n) is 2.65. The highest BCUT2D eigenvalue weighted by atomic mass is 79.9. The van der Waals surface area contributed by atoms with Crippen molar-refractivity contribution in [3.63, 3.8) is 0 Å². The van der Waals surface area contributed by atoms with Gasteiger partial charge in [0.15, 0.2) is 0 Å². The van der Waals surface area contributed by atoms with Crippen molar-refractivity contribution in [2.24, 2.45) is 0 Å². The van der Waals surface area contributed by atoms with Gasteiger partial charge in [-0.1, -0.05) is 68.4 Å². The Kier molecular flexibility index (Phi) is 5.88. The predicted molar refractivity (Wildman–Crippen MR) is 89.9 cm³/mol. The summed E-state index contributed by atoms with van der Waals surface area (Å²) in [6, 6.07) is 8.75. The molecule has 0 radical (unpaired) electrons. The van der Waals surface area contributed by atoms with Crippen molar-refractivity contribution in [2.45, 2.75) is 11.9 Å². The standard InChI is InChI=1S/C14H9BrCl4O/c15-6-8-4-9(16)5-13(19)14(8)20-7-10-11(17)2-1-3-12(10)18/h1-5H,6-7H2. The number of halogens is 5. The molecule has 0 aliphatic heterocycles. The van der Waals surface area contributed by atoms with Gasteiger partial charge in [0.05, 0.1) is 5.02 Å². The Hall–Kier alpha value is -0.120. The molecule has 2 rings (SSSR count). The van der Waals surface area contributed by atoms with E-state index in [2.05, 4.69) is 15.9 Å². The zero-order valence-electron chi connectivity index (χ0n) is 10.1. The van der Waals surface area contributed by atoms with Crippen molar-refractivity contribution in [3.8, 4) is 5.75 Å². The predicted octanol–water partition coefficient (Wildman–Crippen LogP) is 6.77. The minimum Gasteiger partial charge on any atom is -0.487 e. The van der Waals surface area contributed by atoms with E-state index in [4.69, 9.17) is 51.1 Å². The fraction of sp³-hybridized carbons (Fsp3) is 0.143. The third-order valence-corrected chi connectivity index (χ3v) is 4.46. The van der Waals surface area contributed by atoms with Crippen molar-refractivity contribution < 1.29 is 4.74 Å². The van der Waals surface area contributed by atoms with Gasteiger partial charge in [0.2, 0.25) is 0 Å². The van der Waals surface area contributed by atoms with Crippen LogP contribution in [0, 0.1) is 0 Å². The molecule has 2 aromatic carbocycles. The highest BCUT2D eigenvalue weighted by molar-refractivity contribution is 9.08. The van der Waals surface area contributed by atoms with Gasteiger partial charge in [0, 0.05) is 31.5 Å². The van der Waals surface area contributed by atoms with Crippen LogP contribution in [0.2, 0.25) is 20.1 Å². The largest absolute Gasteiger partial charge is 0.487 e. The van der Waals surface area contributed by atoms with Gasteiger partial charge >= 0.3 is 0 Å². The second kappa shape index (κ2) is 7.24. The van der Waals surface area contributed by atoms with E-state index in [0.29, 0.717) is 31.2 Å². The molecule has 106 valence electrons. The van der Waals surface area contributed by atoms with Gasteiger partial charge in [-0.2, -0.15) is 0 Å². The first-order valence-electron chi connectivity index (χ1n) is 5.62. The quantitative estimate of drug-likeness (QED) is 0.501. The fourth-order valence-corrected chi connectivity index (χ4v) is 3.20. The molecule has 0 bridgehead atoms. The average Bonchev–Trinajstić information content (AvgIpc) is 2.39. The molecule has 0 fully saturated rings. The lowest BCUT2D eigenvalue weighted by Gasteiger charge is -2.14. The molecular weight excluding hydrogens is 406 g/mol. The van der Waals surface area contributed by atoms with Crippen LogP contribution in [0.1, 0.15) is 11.1 Å². The number of benzene rings is 2. The molecular formula is C14H9BrCl4O. The van der Waals surface area contributed by atoms with Crippen molar-refractivity contribution in [2.75, 3.05) is 0 Å². The van der Waals surface area contributed by atoms with Gasteiger partial charge in [0.1, 0.15) is 12.4 Å². The highest BCUT2D eigenvalue weighted by Crippen LogP contribution is 2.35. The topological polar surface area (TPSA) is 9.23 Å². The van der Waals surface area contributed by atoms with Crippen LogP contribution in [-0.2, 0) is 11.9 Å². The van der Waals surface area contributed by atoms with E-state index in [9.17, 15) is 0 Å². The summed E-state index contributed by atoms with van der Waals surface area (Å²) in [6.45, 7) is 0.236. The third kappa shape index (κ3) is 3.75. The minimum absolute atomic E-state index is 0.236. The number of ether oxygens (including phenoxy) is 1. The summed E-state index contributed by atoms with van der Waals surface area (Å²) in [7, 11) is 0. The van der Waals surface area contributed by atoms with Gasteiger partial charge in [-0.3, -0.25) is 0 Å². The highest BCUT2D eigenvalue weighted by Gasteiger charge is 2.12. The Morgan fingerprint density at radius 1 is 0.950 bits per heavy atom. The number of rotatable bonds is 4. The van der Waals surface area contributed by atoms with Crippen molar-refractivity contribution in [3.05, 3.63) is 61.5 Å². The van der Waals surface area contributed by atoms with E-state index < -0.39 is 0 Å². The molecule has 0 saturated heterocycles. The van der Waals surface area contributed by atoms with Gasteiger partial charge < -0.3 is 4.74 Å². The van der Waals surface area contributed by atoms with Gasteiger partial charge in [-0.25, -0.2) is 0 Å². The Balaban J connectivity index is 2.27. The van der Waals surface area contributed by atoms with E-state index in [0.717, 1.165) is 11.1 Å². The molecule has 0 unspecified atom stereocenters. The summed E-state index contributed by atoms with van der Waals surface area (Å²) < 4.78 is 5.77. The average molecular weight is 415 g/mol. The second-order valence-corrected chi connectivity index (χ2v) is 6.22. The van der Waals surface area contributed by atoms with Crippen LogP contribution in [0.25, 0.3) is 0 Å². The maximum atomic E-state index is 6.16. The minimum atomic E-state index is 0.236. The molecule has 20 heavy (non-hydrogen) atoms. The lowest BCUT2D eigenvalue weighted by atomic mass is 10.2. The first-order valence-corrected chi connectivity index (χ1v) is 8.26. The van der Waals surface area contributed by atoms with Crippen LogP contribution in [0.4, 0.5) is 0 Å². The molecule has 0 aliphatic carbocycles. The van der Waals surface area contributed by atoms with Crippen LogP contribution in [0.3, 0.4) is 0 Å². The SMILES string of the molecule is Clc1cc(Cl)c(OCc2c(Cl)cccc2Cl)c(CBr)c1. The summed E-state index contributed by atoms with van der Waals surface area (Å²) in [5.74, 6) is 0.573. The maximum absolute atomic E-state index is 6.16. The molecule has 6 heteroatoms. The zero-order valence-corrected chi connectivity index (χ0v) is 14.7. The van der Waals surface area contributed by atoms with Crippen LogP contribution in [0.5, 0.6) is 5.75 Å². The number of hydrogen-bond acceptors (Lipinski definition) is 1.